The summed E-state index contributed by atoms with van der Waals surface area (Å²) in [6, 6.07) is 8.85. The first-order chi connectivity index (χ1) is 8.38. The van der Waals surface area contributed by atoms with Gasteiger partial charge in [0.2, 0.25) is 5.69 Å². The lowest BCUT2D eigenvalue weighted by Gasteiger charge is -2.43. The van der Waals surface area contributed by atoms with Gasteiger partial charge in [0.1, 0.15) is 7.05 Å². The second kappa shape index (κ2) is 4.44. The quantitative estimate of drug-likeness (QED) is 0.477. The van der Waals surface area contributed by atoms with E-state index in [1.165, 1.54) is 29.0 Å². The molecule has 0 saturated carbocycles. The Morgan fingerprint density at radius 1 is 1.11 bits per heavy atom. The van der Waals surface area contributed by atoms with E-state index in [1.54, 1.807) is 0 Å². The van der Waals surface area contributed by atoms with Gasteiger partial charge < -0.3 is 24.0 Å². The van der Waals surface area contributed by atoms with Crippen molar-refractivity contribution < 1.29 is 28.6 Å². The van der Waals surface area contributed by atoms with Gasteiger partial charge in [0, 0.05) is 17.7 Å². The lowest BCUT2D eigenvalue weighted by atomic mass is 9.56. The zero-order valence-corrected chi connectivity index (χ0v) is 14.6. The van der Waals surface area contributed by atoms with Gasteiger partial charge in [0.05, 0.1) is 5.41 Å². The van der Waals surface area contributed by atoms with Crippen LogP contribution in [0, 0.1) is 5.41 Å². The van der Waals surface area contributed by atoms with E-state index in [9.17, 15) is 0 Å². The first-order valence-corrected chi connectivity index (χ1v) is 6.76. The largest absolute Gasteiger partial charge is 1.00 e. The molecule has 1 aliphatic heterocycles. The highest BCUT2D eigenvalue weighted by Gasteiger charge is 2.57. The second-order valence-corrected chi connectivity index (χ2v) is 6.64. The summed E-state index contributed by atoms with van der Waals surface area (Å²) in [5, 5.41) is 0. The molecule has 102 valence electrons. The Hall–Kier alpha value is -0.640. The summed E-state index contributed by atoms with van der Waals surface area (Å²) in [7, 11) is 2.20. The van der Waals surface area contributed by atoms with Crippen LogP contribution in [0.15, 0.2) is 35.9 Å². The van der Waals surface area contributed by atoms with Crippen LogP contribution >= 0.6 is 0 Å². The van der Waals surface area contributed by atoms with Gasteiger partial charge in [-0.3, -0.25) is 0 Å². The van der Waals surface area contributed by atoms with Crippen molar-refractivity contribution in [3.8, 4) is 0 Å². The fraction of sp³-hybridized carbons (Fsp3) is 0.471. The summed E-state index contributed by atoms with van der Waals surface area (Å²) in [5.41, 5.74) is 6.20. The first kappa shape index (κ1) is 14.8. The molecule has 1 aromatic carbocycles. The monoisotopic (exact) mass is 367 g/mol. The molecule has 1 unspecified atom stereocenters. The van der Waals surface area contributed by atoms with Crippen LogP contribution in [-0.2, 0) is 5.41 Å². The predicted octanol–water partition coefficient (Wildman–Crippen LogP) is 1.05. The number of rotatable bonds is 0. The van der Waals surface area contributed by atoms with Gasteiger partial charge in [-0.2, -0.15) is 4.58 Å². The van der Waals surface area contributed by atoms with E-state index in [0.29, 0.717) is 0 Å². The van der Waals surface area contributed by atoms with Crippen LogP contribution in [0.3, 0.4) is 0 Å². The summed E-state index contributed by atoms with van der Waals surface area (Å²) in [6.07, 6.45) is 3.57. The third kappa shape index (κ3) is 1.75. The molecule has 2 aliphatic rings. The van der Waals surface area contributed by atoms with Gasteiger partial charge in [-0.05, 0) is 25.7 Å². The van der Waals surface area contributed by atoms with E-state index in [0.717, 1.165) is 0 Å². The highest BCUT2D eigenvalue weighted by Crippen LogP contribution is 2.54. The Morgan fingerprint density at radius 3 is 2.42 bits per heavy atom. The van der Waals surface area contributed by atoms with Crippen molar-refractivity contribution in [2.75, 3.05) is 7.05 Å². The molecule has 1 aromatic rings. The number of nitrogens with zero attached hydrogens (tertiary/aromatic N) is 1. The van der Waals surface area contributed by atoms with Gasteiger partial charge >= 0.3 is 0 Å². The molecule has 1 nitrogen and oxygen atoms in total. The minimum atomic E-state index is 0. The highest BCUT2D eigenvalue weighted by molar-refractivity contribution is 6.05. The Bertz CT molecular complexity index is 595. The second-order valence-electron chi connectivity index (χ2n) is 6.64. The number of para-hydroxylation sites is 1. The molecule has 1 heterocycles. The first-order valence-electron chi connectivity index (χ1n) is 6.76. The van der Waals surface area contributed by atoms with E-state index >= 15 is 0 Å². The Morgan fingerprint density at radius 2 is 1.74 bits per heavy atom. The third-order valence-electron chi connectivity index (χ3n) is 5.14. The van der Waals surface area contributed by atoms with E-state index in [-0.39, 0.29) is 34.8 Å². The molecule has 0 fully saturated rings. The van der Waals surface area contributed by atoms with Gasteiger partial charge in [0.15, 0.2) is 5.71 Å². The highest BCUT2D eigenvalue weighted by atomic mass is 127. The van der Waals surface area contributed by atoms with Crippen molar-refractivity contribution in [2.45, 2.75) is 39.5 Å². The van der Waals surface area contributed by atoms with E-state index < -0.39 is 0 Å². The van der Waals surface area contributed by atoms with E-state index in [1.807, 2.05) is 0 Å². The molecule has 0 aromatic heterocycles. The molecule has 0 saturated heterocycles. The summed E-state index contributed by atoms with van der Waals surface area (Å²) in [5.74, 6) is 0. The molecule has 0 radical (unpaired) electrons. The maximum Gasteiger partial charge on any atom is 0.209 e. The Balaban J connectivity index is 0.00000133. The van der Waals surface area contributed by atoms with Crippen LogP contribution in [0.2, 0.25) is 0 Å². The van der Waals surface area contributed by atoms with Crippen molar-refractivity contribution in [3.05, 3.63) is 41.5 Å². The number of benzene rings is 1. The minimum Gasteiger partial charge on any atom is -1.00 e. The number of allylic oxidation sites excluding steroid dienone is 2. The lowest BCUT2D eigenvalue weighted by molar-refractivity contribution is -0.402. The van der Waals surface area contributed by atoms with Crippen molar-refractivity contribution in [3.63, 3.8) is 0 Å². The van der Waals surface area contributed by atoms with Crippen LogP contribution < -0.4 is 24.0 Å². The minimum absolute atomic E-state index is 0. The van der Waals surface area contributed by atoms with Gasteiger partial charge in [-0.25, -0.2) is 0 Å². The SMILES string of the molecule is CC1=CC2=[N+](C)c3ccccc3C2(C)C(C)(C)C1.[I-]. The number of fused-ring (bicyclic) bond motifs is 3. The van der Waals surface area contributed by atoms with Crippen LogP contribution in [0.25, 0.3) is 0 Å². The van der Waals surface area contributed by atoms with Crippen LogP contribution in [0.4, 0.5) is 5.69 Å². The summed E-state index contributed by atoms with van der Waals surface area (Å²) in [4.78, 5) is 0. The van der Waals surface area contributed by atoms with Crippen LogP contribution in [-0.4, -0.2) is 17.3 Å². The average molecular weight is 367 g/mol. The van der Waals surface area contributed by atoms with Crippen LogP contribution in [0.5, 0.6) is 0 Å². The van der Waals surface area contributed by atoms with E-state index in [2.05, 4.69) is 69.7 Å². The fourth-order valence-electron chi connectivity index (χ4n) is 3.90. The maximum absolute atomic E-state index is 2.41. The topological polar surface area (TPSA) is 3.01 Å². The Labute approximate surface area is 133 Å². The molecule has 1 aliphatic carbocycles. The number of hydrogen-bond acceptors (Lipinski definition) is 0. The van der Waals surface area contributed by atoms with Gasteiger partial charge in [-0.15, -0.1) is 0 Å². The summed E-state index contributed by atoms with van der Waals surface area (Å²) in [6.45, 7) is 9.47. The van der Waals surface area contributed by atoms with Crippen molar-refractivity contribution in [1.82, 2.24) is 0 Å². The summed E-state index contributed by atoms with van der Waals surface area (Å²) >= 11 is 0. The molecular formula is C17H22IN. The molecule has 0 N–H and O–H groups in total. The van der Waals surface area contributed by atoms with Gasteiger partial charge in [0.25, 0.3) is 0 Å². The summed E-state index contributed by atoms with van der Waals surface area (Å²) < 4.78 is 2.37. The van der Waals surface area contributed by atoms with Crippen molar-refractivity contribution >= 4 is 11.4 Å². The standard InChI is InChI=1S/C17H22N.HI/c1-12-10-15-17(4,16(2,3)11-12)13-8-6-7-9-14(13)18(15)5;/h6-10H,11H2,1-5H3;1H/q+1;/p-1. The molecule has 1 atom stereocenters. The van der Waals surface area contributed by atoms with Crippen molar-refractivity contribution in [2.24, 2.45) is 5.41 Å². The number of hydrogen-bond donors (Lipinski definition) is 0. The maximum atomic E-state index is 2.41. The average Bonchev–Trinajstić information content (AvgIpc) is 2.52. The van der Waals surface area contributed by atoms with Crippen LogP contribution in [0.1, 0.15) is 39.7 Å². The third-order valence-corrected chi connectivity index (χ3v) is 5.14. The molecular weight excluding hydrogens is 345 g/mol. The lowest BCUT2D eigenvalue weighted by Crippen LogP contribution is -3.00. The van der Waals surface area contributed by atoms with Gasteiger partial charge in [-0.1, -0.05) is 37.6 Å². The molecule has 0 spiro atoms. The molecule has 19 heavy (non-hydrogen) atoms. The normalized spacial score (nSPS) is 27.3. The van der Waals surface area contributed by atoms with Crippen molar-refractivity contribution in [1.29, 1.82) is 0 Å². The predicted molar refractivity (Wildman–Crippen MR) is 76.8 cm³/mol. The molecule has 3 rings (SSSR count). The fourth-order valence-corrected chi connectivity index (χ4v) is 3.90. The smallest absolute Gasteiger partial charge is 0.209 e. The molecule has 0 amide bonds. The Kier molecular flexibility index (Phi) is 3.45. The van der Waals surface area contributed by atoms with E-state index in [4.69, 9.17) is 0 Å². The zero-order chi connectivity index (χ0) is 13.1. The molecule has 0 bridgehead atoms. The molecule has 2 heteroatoms. The number of halogens is 1. The zero-order valence-electron chi connectivity index (χ0n) is 12.4.